The number of nitrogens with zero attached hydrogens (tertiary/aromatic N) is 2. The van der Waals surface area contributed by atoms with E-state index in [1.807, 2.05) is 45.9 Å². The lowest BCUT2D eigenvalue weighted by Crippen LogP contribution is -2.16. The summed E-state index contributed by atoms with van der Waals surface area (Å²) < 4.78 is 5.34. The first kappa shape index (κ1) is 20.3. The van der Waals surface area contributed by atoms with Crippen LogP contribution in [0.2, 0.25) is 0 Å². The molecule has 3 aromatic rings. The third kappa shape index (κ3) is 4.71. The molecule has 0 aliphatic carbocycles. The number of carbonyl (C=O) groups excluding carboxylic acids is 1. The van der Waals surface area contributed by atoms with E-state index < -0.39 is 0 Å². The Balaban J connectivity index is 1.90. The zero-order valence-electron chi connectivity index (χ0n) is 17.7. The largest absolute Gasteiger partial charge is 0.495 e. The van der Waals surface area contributed by atoms with E-state index in [1.165, 1.54) is 5.56 Å². The molecule has 0 fully saturated rings. The summed E-state index contributed by atoms with van der Waals surface area (Å²) >= 11 is 0. The second-order valence-electron chi connectivity index (χ2n) is 7.27. The number of methoxy groups -OCH3 is 1. The molecule has 0 aliphatic rings. The van der Waals surface area contributed by atoms with Crippen molar-refractivity contribution in [1.82, 2.24) is 9.97 Å². The van der Waals surface area contributed by atoms with Gasteiger partial charge in [-0.25, -0.2) is 9.97 Å². The molecule has 0 saturated heterocycles. The Hall–Kier alpha value is -3.41. The van der Waals surface area contributed by atoms with Gasteiger partial charge in [0.2, 0.25) is 5.95 Å². The molecule has 0 atom stereocenters. The third-order valence-corrected chi connectivity index (χ3v) is 4.60. The minimum atomic E-state index is -0.320. The number of nitrogens with one attached hydrogen (secondary N) is 2. The zero-order valence-corrected chi connectivity index (χ0v) is 17.7. The average Bonchev–Trinajstić information content (AvgIpc) is 2.64. The smallest absolute Gasteiger partial charge is 0.274 e. The van der Waals surface area contributed by atoms with Gasteiger partial charge >= 0.3 is 0 Å². The van der Waals surface area contributed by atoms with Crippen LogP contribution >= 0.6 is 0 Å². The maximum atomic E-state index is 12.8. The first-order valence-electron chi connectivity index (χ1n) is 9.43. The Morgan fingerprint density at radius 2 is 1.59 bits per heavy atom. The predicted octanol–water partition coefficient (Wildman–Crippen LogP) is 5.02. The summed E-state index contributed by atoms with van der Waals surface area (Å²) in [5.41, 5.74) is 6.96. The van der Waals surface area contributed by atoms with E-state index in [0.29, 0.717) is 23.1 Å². The van der Waals surface area contributed by atoms with Crippen molar-refractivity contribution in [2.24, 2.45) is 0 Å². The molecular weight excluding hydrogens is 364 g/mol. The summed E-state index contributed by atoms with van der Waals surface area (Å²) in [6.07, 6.45) is 0. The van der Waals surface area contributed by atoms with Crippen LogP contribution in [0.25, 0.3) is 0 Å². The summed E-state index contributed by atoms with van der Waals surface area (Å²) in [6, 6.07) is 11.5. The predicted molar refractivity (Wildman–Crippen MR) is 116 cm³/mol. The van der Waals surface area contributed by atoms with Crippen LogP contribution in [-0.4, -0.2) is 23.0 Å². The van der Waals surface area contributed by atoms with Gasteiger partial charge in [0.1, 0.15) is 11.4 Å². The lowest BCUT2D eigenvalue weighted by atomic mass is 10.1. The van der Waals surface area contributed by atoms with Crippen LogP contribution in [0.4, 0.5) is 17.3 Å². The Morgan fingerprint density at radius 1 is 0.897 bits per heavy atom. The third-order valence-electron chi connectivity index (χ3n) is 4.60. The first-order chi connectivity index (χ1) is 13.8. The Kier molecular flexibility index (Phi) is 5.82. The molecule has 6 heteroatoms. The lowest BCUT2D eigenvalue weighted by Gasteiger charge is -2.14. The molecule has 150 valence electrons. The standard InChI is InChI=1S/C23H26N4O2/c1-13-7-8-20(29-6)18(11-13)25-22(28)19-12-17(5)24-23(26-19)27-21-15(3)9-14(2)10-16(21)4/h7-12H,1-6H3,(H,25,28)(H,24,26,27). The van der Waals surface area contributed by atoms with Crippen molar-refractivity contribution in [3.63, 3.8) is 0 Å². The maximum absolute atomic E-state index is 12.8. The van der Waals surface area contributed by atoms with Crippen LogP contribution in [0.1, 0.15) is 38.4 Å². The monoisotopic (exact) mass is 390 g/mol. The van der Waals surface area contributed by atoms with Gasteiger partial charge in [-0.3, -0.25) is 4.79 Å². The summed E-state index contributed by atoms with van der Waals surface area (Å²) in [6.45, 7) is 9.93. The van der Waals surface area contributed by atoms with Crippen LogP contribution < -0.4 is 15.4 Å². The molecule has 0 radical (unpaired) electrons. The average molecular weight is 390 g/mol. The normalized spacial score (nSPS) is 10.6. The van der Waals surface area contributed by atoms with Gasteiger partial charge in [0.15, 0.2) is 0 Å². The quantitative estimate of drug-likeness (QED) is 0.639. The highest BCUT2D eigenvalue weighted by molar-refractivity contribution is 6.04. The first-order valence-corrected chi connectivity index (χ1v) is 9.43. The Bertz CT molecular complexity index is 1050. The van der Waals surface area contributed by atoms with Gasteiger partial charge in [0, 0.05) is 11.4 Å². The van der Waals surface area contributed by atoms with Gasteiger partial charge in [-0.15, -0.1) is 0 Å². The number of ether oxygens (including phenoxy) is 1. The molecule has 0 aliphatic heterocycles. The molecule has 0 saturated carbocycles. The molecule has 1 amide bonds. The van der Waals surface area contributed by atoms with Gasteiger partial charge in [-0.1, -0.05) is 23.8 Å². The van der Waals surface area contributed by atoms with E-state index in [0.717, 1.165) is 22.4 Å². The SMILES string of the molecule is COc1ccc(C)cc1NC(=O)c1cc(C)nc(Nc2c(C)cc(C)cc2C)n1. The topological polar surface area (TPSA) is 76.1 Å². The van der Waals surface area contributed by atoms with E-state index in [1.54, 1.807) is 13.2 Å². The van der Waals surface area contributed by atoms with Crippen LogP contribution in [-0.2, 0) is 0 Å². The molecule has 3 rings (SSSR count). The minimum Gasteiger partial charge on any atom is -0.495 e. The Labute approximate surface area is 171 Å². The number of carbonyl (C=O) groups is 1. The minimum absolute atomic E-state index is 0.283. The van der Waals surface area contributed by atoms with Gasteiger partial charge in [0.05, 0.1) is 12.8 Å². The molecule has 6 nitrogen and oxygen atoms in total. The van der Waals surface area contributed by atoms with Gasteiger partial charge < -0.3 is 15.4 Å². The van der Waals surface area contributed by atoms with E-state index in [-0.39, 0.29) is 11.6 Å². The molecule has 0 spiro atoms. The van der Waals surface area contributed by atoms with Crippen molar-refractivity contribution >= 4 is 23.2 Å². The highest BCUT2D eigenvalue weighted by Gasteiger charge is 2.15. The maximum Gasteiger partial charge on any atom is 0.274 e. The molecule has 1 aromatic heterocycles. The van der Waals surface area contributed by atoms with Crippen LogP contribution in [0.15, 0.2) is 36.4 Å². The lowest BCUT2D eigenvalue weighted by molar-refractivity contribution is 0.102. The number of benzene rings is 2. The molecule has 2 aromatic carbocycles. The number of rotatable bonds is 5. The van der Waals surface area contributed by atoms with Gasteiger partial charge in [0.25, 0.3) is 5.91 Å². The van der Waals surface area contributed by atoms with Crippen LogP contribution in [0.5, 0.6) is 5.75 Å². The summed E-state index contributed by atoms with van der Waals surface area (Å²) in [4.78, 5) is 21.7. The second-order valence-corrected chi connectivity index (χ2v) is 7.27. The number of hydrogen-bond donors (Lipinski definition) is 2. The number of anilines is 3. The second kappa shape index (κ2) is 8.31. The van der Waals surface area contributed by atoms with Crippen molar-refractivity contribution in [3.05, 3.63) is 70.0 Å². The summed E-state index contributed by atoms with van der Waals surface area (Å²) in [7, 11) is 1.57. The number of aromatic nitrogens is 2. The van der Waals surface area contributed by atoms with E-state index in [2.05, 4.69) is 39.7 Å². The van der Waals surface area contributed by atoms with E-state index in [4.69, 9.17) is 4.74 Å². The summed E-state index contributed by atoms with van der Waals surface area (Å²) in [5.74, 6) is 0.667. The zero-order chi connectivity index (χ0) is 21.1. The number of amides is 1. The number of hydrogen-bond acceptors (Lipinski definition) is 5. The fraction of sp³-hybridized carbons (Fsp3) is 0.261. The molecule has 0 bridgehead atoms. The van der Waals surface area contributed by atoms with Gasteiger partial charge in [-0.2, -0.15) is 0 Å². The molecular formula is C23H26N4O2. The highest BCUT2D eigenvalue weighted by Crippen LogP contribution is 2.27. The van der Waals surface area contributed by atoms with Crippen molar-refractivity contribution in [2.45, 2.75) is 34.6 Å². The van der Waals surface area contributed by atoms with Crippen molar-refractivity contribution in [2.75, 3.05) is 17.7 Å². The molecule has 29 heavy (non-hydrogen) atoms. The molecule has 1 heterocycles. The van der Waals surface area contributed by atoms with Crippen molar-refractivity contribution in [3.8, 4) is 5.75 Å². The van der Waals surface area contributed by atoms with Crippen LogP contribution in [0.3, 0.4) is 0 Å². The Morgan fingerprint density at radius 3 is 2.24 bits per heavy atom. The summed E-state index contributed by atoms with van der Waals surface area (Å²) in [5, 5.41) is 6.16. The highest BCUT2D eigenvalue weighted by atomic mass is 16.5. The molecule has 0 unspecified atom stereocenters. The fourth-order valence-electron chi connectivity index (χ4n) is 3.34. The molecule has 2 N–H and O–H groups in total. The van der Waals surface area contributed by atoms with Gasteiger partial charge in [-0.05, 0) is 69.5 Å². The number of aryl methyl sites for hydroxylation is 5. The van der Waals surface area contributed by atoms with E-state index >= 15 is 0 Å². The van der Waals surface area contributed by atoms with E-state index in [9.17, 15) is 4.79 Å². The fourth-order valence-corrected chi connectivity index (χ4v) is 3.34. The van der Waals surface area contributed by atoms with Crippen molar-refractivity contribution < 1.29 is 9.53 Å². The van der Waals surface area contributed by atoms with Crippen LogP contribution in [0, 0.1) is 34.6 Å². The van der Waals surface area contributed by atoms with Crippen molar-refractivity contribution in [1.29, 1.82) is 0 Å².